The second-order valence-corrected chi connectivity index (χ2v) is 3.29. The molecule has 0 aromatic heterocycles. The summed E-state index contributed by atoms with van der Waals surface area (Å²) in [7, 11) is 0. The van der Waals surface area contributed by atoms with Gasteiger partial charge in [-0.2, -0.15) is 13.2 Å². The highest BCUT2D eigenvalue weighted by molar-refractivity contribution is 6.32. The lowest BCUT2D eigenvalue weighted by Crippen LogP contribution is -2.19. The van der Waals surface area contributed by atoms with Crippen LogP contribution < -0.4 is 10.5 Å². The van der Waals surface area contributed by atoms with Crippen LogP contribution in [0.4, 0.5) is 18.9 Å². The fourth-order valence-corrected chi connectivity index (χ4v) is 1.17. The molecule has 2 N–H and O–H groups in total. The number of nitrogen functional groups attached to an aromatic ring is 1. The maximum absolute atomic E-state index is 11.7. The van der Waals surface area contributed by atoms with Gasteiger partial charge in [-0.05, 0) is 12.1 Å². The third-order valence-corrected chi connectivity index (χ3v) is 1.85. The minimum Gasteiger partial charge on any atom is -0.464 e. The first-order chi connectivity index (χ1) is 7.40. The monoisotopic (exact) mass is 255 g/mol. The van der Waals surface area contributed by atoms with Gasteiger partial charge in [-0.15, -0.1) is 0 Å². The summed E-state index contributed by atoms with van der Waals surface area (Å²) in [6, 6.07) is 4.63. The first-order valence-corrected chi connectivity index (χ1v) is 4.59. The highest BCUT2D eigenvalue weighted by Crippen LogP contribution is 2.30. The molecular weight excluding hydrogens is 247 g/mol. The van der Waals surface area contributed by atoms with Crippen molar-refractivity contribution in [1.29, 1.82) is 0 Å². The van der Waals surface area contributed by atoms with E-state index in [-0.39, 0.29) is 16.5 Å². The standard InChI is InChI=1S/C9H9ClF3NO2/c10-6-2-1-3-7(14)8(6)16-5-15-4-9(11,12)13/h1-3H,4-5,14H2. The van der Waals surface area contributed by atoms with Crippen LogP contribution in [0.15, 0.2) is 18.2 Å². The summed E-state index contributed by atoms with van der Waals surface area (Å²) >= 11 is 5.72. The van der Waals surface area contributed by atoms with Crippen molar-refractivity contribution in [1.82, 2.24) is 0 Å². The van der Waals surface area contributed by atoms with Crippen LogP contribution in [-0.4, -0.2) is 19.6 Å². The molecule has 0 aliphatic heterocycles. The minimum atomic E-state index is -4.38. The molecule has 1 rings (SSSR count). The molecule has 1 aromatic carbocycles. The topological polar surface area (TPSA) is 44.5 Å². The van der Waals surface area contributed by atoms with Gasteiger partial charge < -0.3 is 15.2 Å². The molecule has 3 nitrogen and oxygen atoms in total. The van der Waals surface area contributed by atoms with Crippen LogP contribution in [0.5, 0.6) is 5.75 Å². The van der Waals surface area contributed by atoms with Crippen molar-refractivity contribution in [3.63, 3.8) is 0 Å². The molecule has 90 valence electrons. The number of ether oxygens (including phenoxy) is 2. The maximum atomic E-state index is 11.7. The van der Waals surface area contributed by atoms with Crippen molar-refractivity contribution < 1.29 is 22.6 Å². The third-order valence-electron chi connectivity index (χ3n) is 1.55. The van der Waals surface area contributed by atoms with Gasteiger partial charge in [0.25, 0.3) is 0 Å². The van der Waals surface area contributed by atoms with Gasteiger partial charge in [-0.3, -0.25) is 0 Å². The molecule has 0 amide bonds. The van der Waals surface area contributed by atoms with Gasteiger partial charge in [0.2, 0.25) is 0 Å². The third kappa shape index (κ3) is 4.16. The Morgan fingerprint density at radius 1 is 1.31 bits per heavy atom. The van der Waals surface area contributed by atoms with Crippen molar-refractivity contribution in [3.8, 4) is 5.75 Å². The van der Waals surface area contributed by atoms with E-state index in [1.54, 1.807) is 6.07 Å². The average molecular weight is 256 g/mol. The van der Waals surface area contributed by atoms with Gasteiger partial charge in [0.15, 0.2) is 12.5 Å². The van der Waals surface area contributed by atoms with E-state index >= 15 is 0 Å². The molecule has 0 bridgehead atoms. The van der Waals surface area contributed by atoms with Crippen molar-refractivity contribution in [2.75, 3.05) is 19.1 Å². The highest BCUT2D eigenvalue weighted by Gasteiger charge is 2.27. The van der Waals surface area contributed by atoms with Crippen molar-refractivity contribution in [2.24, 2.45) is 0 Å². The van der Waals surface area contributed by atoms with Gasteiger partial charge in [-0.1, -0.05) is 17.7 Å². The zero-order valence-corrected chi connectivity index (χ0v) is 8.81. The first kappa shape index (κ1) is 12.9. The lowest BCUT2D eigenvalue weighted by molar-refractivity contribution is -0.186. The van der Waals surface area contributed by atoms with Crippen molar-refractivity contribution >= 4 is 17.3 Å². The molecule has 1 aromatic rings. The maximum Gasteiger partial charge on any atom is 0.411 e. The number of benzene rings is 1. The normalized spacial score (nSPS) is 11.5. The van der Waals surface area contributed by atoms with Crippen LogP contribution in [0.2, 0.25) is 5.02 Å². The number of para-hydroxylation sites is 1. The molecule has 0 saturated heterocycles. The summed E-state index contributed by atoms with van der Waals surface area (Å²) in [6.07, 6.45) is -4.38. The molecule has 0 spiro atoms. The molecule has 0 radical (unpaired) electrons. The number of hydrogen-bond donors (Lipinski definition) is 1. The molecule has 0 atom stereocenters. The second-order valence-electron chi connectivity index (χ2n) is 2.88. The Morgan fingerprint density at radius 3 is 2.56 bits per heavy atom. The summed E-state index contributed by atoms with van der Waals surface area (Å²) in [4.78, 5) is 0. The molecule has 0 fully saturated rings. The van der Waals surface area contributed by atoms with E-state index in [2.05, 4.69) is 4.74 Å². The van der Waals surface area contributed by atoms with Gasteiger partial charge in [-0.25, -0.2) is 0 Å². The largest absolute Gasteiger partial charge is 0.464 e. The Kier molecular flexibility index (Phi) is 4.26. The Hall–Kier alpha value is -1.14. The SMILES string of the molecule is Nc1cccc(Cl)c1OCOCC(F)(F)F. The molecule has 0 aliphatic rings. The van der Waals surface area contributed by atoms with E-state index in [0.29, 0.717) is 0 Å². The van der Waals surface area contributed by atoms with E-state index in [0.717, 1.165) is 0 Å². The summed E-state index contributed by atoms with van der Waals surface area (Å²) in [5.74, 6) is 0.117. The van der Waals surface area contributed by atoms with Gasteiger partial charge >= 0.3 is 6.18 Å². The first-order valence-electron chi connectivity index (χ1n) is 4.21. The fraction of sp³-hybridized carbons (Fsp3) is 0.333. The number of rotatable bonds is 4. The summed E-state index contributed by atoms with van der Waals surface area (Å²) in [6.45, 7) is -1.94. The van der Waals surface area contributed by atoms with Crippen LogP contribution in [0.3, 0.4) is 0 Å². The van der Waals surface area contributed by atoms with Gasteiger partial charge in [0, 0.05) is 0 Å². The van der Waals surface area contributed by atoms with Crippen LogP contribution in [0, 0.1) is 0 Å². The lowest BCUT2D eigenvalue weighted by Gasteiger charge is -2.11. The molecule has 0 saturated carbocycles. The number of halogens is 4. The summed E-state index contributed by atoms with van der Waals surface area (Å²) < 4.78 is 44.3. The van der Waals surface area contributed by atoms with E-state index in [1.807, 2.05) is 0 Å². The van der Waals surface area contributed by atoms with Crippen molar-refractivity contribution in [3.05, 3.63) is 23.2 Å². The molecule has 7 heteroatoms. The predicted molar refractivity (Wildman–Crippen MR) is 53.4 cm³/mol. The fourth-order valence-electron chi connectivity index (χ4n) is 0.936. The van der Waals surface area contributed by atoms with E-state index in [9.17, 15) is 13.2 Å². The average Bonchev–Trinajstić information content (AvgIpc) is 2.14. The number of hydrogen-bond acceptors (Lipinski definition) is 3. The Morgan fingerprint density at radius 2 is 2.00 bits per heavy atom. The Bertz CT molecular complexity index is 337. The van der Waals surface area contributed by atoms with Crippen LogP contribution in [-0.2, 0) is 4.74 Å². The van der Waals surface area contributed by atoms with E-state index < -0.39 is 19.6 Å². The second kappa shape index (κ2) is 5.27. The molecular formula is C9H9ClF3NO2. The molecule has 0 heterocycles. The van der Waals surface area contributed by atoms with Gasteiger partial charge in [0.1, 0.15) is 6.61 Å². The van der Waals surface area contributed by atoms with Crippen molar-refractivity contribution in [2.45, 2.75) is 6.18 Å². The number of anilines is 1. The quantitative estimate of drug-likeness (QED) is 0.511. The van der Waals surface area contributed by atoms with Crippen LogP contribution in [0.25, 0.3) is 0 Å². The smallest absolute Gasteiger partial charge is 0.411 e. The zero-order chi connectivity index (χ0) is 12.2. The molecule has 16 heavy (non-hydrogen) atoms. The number of nitrogens with two attached hydrogens (primary N) is 1. The Labute approximate surface area is 94.9 Å². The highest BCUT2D eigenvalue weighted by atomic mass is 35.5. The van der Waals surface area contributed by atoms with E-state index in [4.69, 9.17) is 22.1 Å². The predicted octanol–water partition coefficient (Wildman–Crippen LogP) is 2.84. The molecule has 0 aliphatic carbocycles. The van der Waals surface area contributed by atoms with E-state index in [1.165, 1.54) is 12.1 Å². The lowest BCUT2D eigenvalue weighted by atomic mass is 10.3. The van der Waals surface area contributed by atoms with Crippen LogP contribution in [0.1, 0.15) is 0 Å². The van der Waals surface area contributed by atoms with Crippen LogP contribution >= 0.6 is 11.6 Å². The summed E-state index contributed by atoms with van der Waals surface area (Å²) in [5, 5.41) is 0.218. The summed E-state index contributed by atoms with van der Waals surface area (Å²) in [5.41, 5.74) is 5.74. The minimum absolute atomic E-state index is 0.117. The zero-order valence-electron chi connectivity index (χ0n) is 8.05. The molecule has 0 unspecified atom stereocenters. The number of alkyl halides is 3. The van der Waals surface area contributed by atoms with Gasteiger partial charge in [0.05, 0.1) is 10.7 Å². The Balaban J connectivity index is 2.43.